The van der Waals surface area contributed by atoms with E-state index in [2.05, 4.69) is 15.6 Å². The highest BCUT2D eigenvalue weighted by atomic mass is 32.1. The number of aliphatic carboxylic acids is 1. The molecule has 0 spiro atoms. The van der Waals surface area contributed by atoms with Crippen LogP contribution in [0.2, 0.25) is 0 Å². The first-order valence-electron chi connectivity index (χ1n) is 11.3. The molecular weight excluding hydrogens is 460 g/mol. The molecule has 2 rings (SSSR count). The van der Waals surface area contributed by atoms with Gasteiger partial charge in [0.05, 0.1) is 16.2 Å². The zero-order chi connectivity index (χ0) is 24.9. The zero-order valence-corrected chi connectivity index (χ0v) is 20.0. The highest BCUT2D eigenvalue weighted by molar-refractivity contribution is 7.19. The Hall–Kier alpha value is -3.34. The van der Waals surface area contributed by atoms with Gasteiger partial charge in [-0.1, -0.05) is 50.7 Å². The van der Waals surface area contributed by atoms with Crippen molar-refractivity contribution in [2.24, 2.45) is 0 Å². The van der Waals surface area contributed by atoms with Crippen molar-refractivity contribution in [2.45, 2.75) is 71.1 Å². The van der Waals surface area contributed by atoms with Crippen LogP contribution >= 0.6 is 11.3 Å². The molecule has 0 aliphatic carbocycles. The molecule has 184 valence electrons. The van der Waals surface area contributed by atoms with Crippen molar-refractivity contribution in [2.75, 3.05) is 10.6 Å². The van der Waals surface area contributed by atoms with Gasteiger partial charge in [-0.15, -0.1) is 0 Å². The lowest BCUT2D eigenvalue weighted by atomic mass is 10.1. The standard InChI is InChI=1S/C23H30N4O6S/c1-16-22(27(32)33)34-23(24-16)26-21(31)17-12-10-11-13-18(17)25-19(28)14-8-6-4-2-3-5-7-9-15-20(29)30/h10-13H,2-9,14-15H2,1H3,(H,25,28)(H,29,30)(H,24,26,31). The lowest BCUT2D eigenvalue weighted by Gasteiger charge is -2.10. The third kappa shape index (κ3) is 9.26. The number of nitrogens with one attached hydrogen (secondary N) is 2. The fourth-order valence-electron chi connectivity index (χ4n) is 3.40. The summed E-state index contributed by atoms with van der Waals surface area (Å²) in [5.41, 5.74) is 0.841. The number of benzene rings is 1. The number of anilines is 2. The van der Waals surface area contributed by atoms with Crippen LogP contribution in [-0.2, 0) is 9.59 Å². The molecule has 34 heavy (non-hydrogen) atoms. The molecule has 0 atom stereocenters. The molecule has 11 heteroatoms. The van der Waals surface area contributed by atoms with Crippen molar-refractivity contribution in [1.29, 1.82) is 0 Å². The molecular formula is C23H30N4O6S. The van der Waals surface area contributed by atoms with E-state index < -0.39 is 16.8 Å². The fraction of sp³-hybridized carbons (Fsp3) is 0.478. The van der Waals surface area contributed by atoms with Crippen molar-refractivity contribution in [1.82, 2.24) is 4.98 Å². The van der Waals surface area contributed by atoms with Crippen LogP contribution in [0, 0.1) is 17.0 Å². The van der Waals surface area contributed by atoms with E-state index in [-0.39, 0.29) is 33.7 Å². The molecule has 0 saturated heterocycles. The van der Waals surface area contributed by atoms with E-state index in [9.17, 15) is 24.5 Å². The number of hydrogen-bond acceptors (Lipinski definition) is 7. The van der Waals surface area contributed by atoms with Crippen LogP contribution in [0.25, 0.3) is 0 Å². The number of amides is 2. The highest BCUT2D eigenvalue weighted by Gasteiger charge is 2.20. The molecule has 0 aliphatic heterocycles. The van der Waals surface area contributed by atoms with Gasteiger partial charge in [0.2, 0.25) is 5.91 Å². The van der Waals surface area contributed by atoms with Crippen LogP contribution in [0.4, 0.5) is 15.8 Å². The summed E-state index contributed by atoms with van der Waals surface area (Å²) in [6.07, 6.45) is 8.06. The second-order valence-corrected chi connectivity index (χ2v) is 8.91. The molecule has 0 saturated carbocycles. The molecule has 1 aromatic heterocycles. The first-order valence-corrected chi connectivity index (χ1v) is 12.1. The van der Waals surface area contributed by atoms with E-state index >= 15 is 0 Å². The Morgan fingerprint density at radius 3 is 2.15 bits per heavy atom. The molecule has 0 fully saturated rings. The SMILES string of the molecule is Cc1nc(NC(=O)c2ccccc2NC(=O)CCCCCCCCCCC(=O)O)sc1[N+](=O)[O-]. The minimum atomic E-state index is -0.748. The van der Waals surface area contributed by atoms with Crippen molar-refractivity contribution in [3.8, 4) is 0 Å². The number of hydrogen-bond donors (Lipinski definition) is 3. The Balaban J connectivity index is 1.74. The average molecular weight is 491 g/mol. The van der Waals surface area contributed by atoms with E-state index in [1.807, 2.05) is 0 Å². The summed E-state index contributed by atoms with van der Waals surface area (Å²) < 4.78 is 0. The molecule has 3 N–H and O–H groups in total. The molecule has 0 bridgehead atoms. The molecule has 2 amide bonds. The number of nitrogens with zero attached hydrogens (tertiary/aromatic N) is 2. The molecule has 10 nitrogen and oxygen atoms in total. The summed E-state index contributed by atoms with van der Waals surface area (Å²) in [5.74, 6) is -1.44. The van der Waals surface area contributed by atoms with Crippen LogP contribution in [0.15, 0.2) is 24.3 Å². The number of para-hydroxylation sites is 1. The smallest absolute Gasteiger partial charge is 0.348 e. The van der Waals surface area contributed by atoms with Crippen molar-refractivity contribution in [3.05, 3.63) is 45.6 Å². The molecule has 0 unspecified atom stereocenters. The maximum atomic E-state index is 12.7. The van der Waals surface area contributed by atoms with Gasteiger partial charge in [-0.3, -0.25) is 29.8 Å². The summed E-state index contributed by atoms with van der Waals surface area (Å²) in [6.45, 7) is 1.50. The summed E-state index contributed by atoms with van der Waals surface area (Å²) in [4.78, 5) is 49.9. The lowest BCUT2D eigenvalue weighted by molar-refractivity contribution is -0.380. The first kappa shape index (κ1) is 26.9. The van der Waals surface area contributed by atoms with Gasteiger partial charge in [0.15, 0.2) is 5.13 Å². The van der Waals surface area contributed by atoms with E-state index in [0.29, 0.717) is 12.1 Å². The summed E-state index contributed by atoms with van der Waals surface area (Å²) in [7, 11) is 0. The highest BCUT2D eigenvalue weighted by Crippen LogP contribution is 2.30. The minimum Gasteiger partial charge on any atom is -0.481 e. The predicted octanol–water partition coefficient (Wildman–Crippen LogP) is 5.54. The zero-order valence-electron chi connectivity index (χ0n) is 19.2. The van der Waals surface area contributed by atoms with Crippen molar-refractivity contribution < 1.29 is 24.4 Å². The summed E-state index contributed by atoms with van der Waals surface area (Å²) in [5, 5.41) is 24.9. The Bertz CT molecular complexity index is 1010. The van der Waals surface area contributed by atoms with Gasteiger partial charge in [0.1, 0.15) is 5.69 Å². The lowest BCUT2D eigenvalue weighted by Crippen LogP contribution is -2.18. The maximum Gasteiger partial charge on any atom is 0.348 e. The number of carbonyl (C=O) groups excluding carboxylic acids is 2. The van der Waals surface area contributed by atoms with Gasteiger partial charge < -0.3 is 10.4 Å². The second kappa shape index (κ2) is 14.0. The van der Waals surface area contributed by atoms with Crippen LogP contribution in [0.1, 0.15) is 80.3 Å². The van der Waals surface area contributed by atoms with E-state index in [1.54, 1.807) is 24.3 Å². The number of unbranched alkanes of at least 4 members (excludes halogenated alkanes) is 7. The van der Waals surface area contributed by atoms with Crippen molar-refractivity contribution in [3.63, 3.8) is 0 Å². The van der Waals surface area contributed by atoms with Gasteiger partial charge in [0.25, 0.3) is 5.91 Å². The van der Waals surface area contributed by atoms with Crippen LogP contribution in [0.3, 0.4) is 0 Å². The molecule has 1 aromatic carbocycles. The molecule has 0 radical (unpaired) electrons. The average Bonchev–Trinajstić information content (AvgIpc) is 3.15. The number of aryl methyl sites for hydroxylation is 1. The Morgan fingerprint density at radius 2 is 1.56 bits per heavy atom. The summed E-state index contributed by atoms with van der Waals surface area (Å²) in [6, 6.07) is 6.58. The normalized spacial score (nSPS) is 10.6. The quantitative estimate of drug-likeness (QED) is 0.168. The van der Waals surface area contributed by atoms with E-state index in [1.165, 1.54) is 6.92 Å². The number of carboxylic acids is 1. The molecule has 0 aliphatic rings. The first-order chi connectivity index (χ1) is 16.3. The predicted molar refractivity (Wildman–Crippen MR) is 130 cm³/mol. The van der Waals surface area contributed by atoms with E-state index in [4.69, 9.17) is 5.11 Å². The minimum absolute atomic E-state index is 0.122. The Labute approximate surface area is 201 Å². The van der Waals surface area contributed by atoms with Gasteiger partial charge in [-0.25, -0.2) is 4.98 Å². The fourth-order valence-corrected chi connectivity index (χ4v) is 4.18. The number of rotatable bonds is 15. The van der Waals surface area contributed by atoms with E-state index in [0.717, 1.165) is 62.7 Å². The largest absolute Gasteiger partial charge is 0.481 e. The number of aromatic nitrogens is 1. The van der Waals surface area contributed by atoms with Crippen molar-refractivity contribution >= 4 is 44.9 Å². The second-order valence-electron chi connectivity index (χ2n) is 7.94. The third-order valence-electron chi connectivity index (χ3n) is 5.15. The van der Waals surface area contributed by atoms with Gasteiger partial charge in [-0.05, 0) is 43.2 Å². The van der Waals surface area contributed by atoms with Gasteiger partial charge in [0, 0.05) is 12.8 Å². The third-order valence-corrected chi connectivity index (χ3v) is 6.17. The maximum absolute atomic E-state index is 12.7. The number of nitro groups is 1. The number of thiazole rings is 1. The number of carboxylic acid groups (broad SMARTS) is 1. The van der Waals surface area contributed by atoms with Crippen LogP contribution < -0.4 is 10.6 Å². The summed E-state index contributed by atoms with van der Waals surface area (Å²) >= 11 is 0.781. The molecule has 1 heterocycles. The topological polar surface area (TPSA) is 152 Å². The van der Waals surface area contributed by atoms with Crippen LogP contribution in [0.5, 0.6) is 0 Å². The Kier molecular flexibility index (Phi) is 11.1. The Morgan fingerprint density at radius 1 is 0.971 bits per heavy atom. The number of carbonyl (C=O) groups is 3. The van der Waals surface area contributed by atoms with Crippen LogP contribution in [-0.4, -0.2) is 32.8 Å². The molecule has 2 aromatic rings. The monoisotopic (exact) mass is 490 g/mol. The van der Waals surface area contributed by atoms with Gasteiger partial charge >= 0.3 is 11.0 Å². The van der Waals surface area contributed by atoms with Gasteiger partial charge in [-0.2, -0.15) is 0 Å².